The second-order valence-electron chi connectivity index (χ2n) is 4.24. The summed E-state index contributed by atoms with van der Waals surface area (Å²) in [5.74, 6) is -0.219. The molecular weight excluding hydrogens is 297 g/mol. The lowest BCUT2D eigenvalue weighted by Gasteiger charge is -2.06. The standard InChI is InChI=1S/C13H15BrFN3/c1-10-7-17-18(9-10)3-2-16-8-11-4-12(14)6-13(15)5-11/h4-7,9,16H,2-3,8H2,1H3. The Labute approximate surface area is 114 Å². The van der Waals surface area contributed by atoms with Crippen molar-refractivity contribution in [3.63, 3.8) is 0 Å². The summed E-state index contributed by atoms with van der Waals surface area (Å²) in [5.41, 5.74) is 2.09. The zero-order valence-electron chi connectivity index (χ0n) is 10.2. The molecule has 0 atom stereocenters. The van der Waals surface area contributed by atoms with E-state index in [4.69, 9.17) is 0 Å². The molecule has 2 rings (SSSR count). The molecule has 0 bridgehead atoms. The Bertz CT molecular complexity index is 504. The molecule has 1 aromatic heterocycles. The highest BCUT2D eigenvalue weighted by molar-refractivity contribution is 9.10. The Morgan fingerprint density at radius 3 is 2.89 bits per heavy atom. The fraction of sp³-hybridized carbons (Fsp3) is 0.308. The number of halogens is 2. The smallest absolute Gasteiger partial charge is 0.124 e. The van der Waals surface area contributed by atoms with E-state index in [1.54, 1.807) is 0 Å². The fourth-order valence-electron chi connectivity index (χ4n) is 1.73. The highest BCUT2D eigenvalue weighted by atomic mass is 79.9. The number of aromatic nitrogens is 2. The van der Waals surface area contributed by atoms with Crippen LogP contribution in [0.5, 0.6) is 0 Å². The van der Waals surface area contributed by atoms with Crippen molar-refractivity contribution in [2.75, 3.05) is 6.54 Å². The van der Waals surface area contributed by atoms with Crippen molar-refractivity contribution in [2.45, 2.75) is 20.0 Å². The Kier molecular flexibility index (Phi) is 4.49. The second-order valence-corrected chi connectivity index (χ2v) is 5.15. The third-order valence-corrected chi connectivity index (χ3v) is 2.99. The van der Waals surface area contributed by atoms with Gasteiger partial charge in [-0.1, -0.05) is 15.9 Å². The molecule has 2 aromatic rings. The summed E-state index contributed by atoms with van der Waals surface area (Å²) in [5, 5.41) is 7.46. The molecule has 1 N–H and O–H groups in total. The molecule has 1 aromatic carbocycles. The molecule has 0 radical (unpaired) electrons. The van der Waals surface area contributed by atoms with E-state index in [-0.39, 0.29) is 5.82 Å². The minimum Gasteiger partial charge on any atom is -0.311 e. The average molecular weight is 312 g/mol. The molecule has 18 heavy (non-hydrogen) atoms. The number of hydrogen-bond donors (Lipinski definition) is 1. The highest BCUT2D eigenvalue weighted by Gasteiger charge is 1.99. The maximum atomic E-state index is 13.1. The van der Waals surface area contributed by atoms with Gasteiger partial charge >= 0.3 is 0 Å². The molecule has 0 saturated heterocycles. The van der Waals surface area contributed by atoms with Gasteiger partial charge in [-0.05, 0) is 36.2 Å². The van der Waals surface area contributed by atoms with E-state index in [1.165, 1.54) is 12.1 Å². The molecule has 0 saturated carbocycles. The summed E-state index contributed by atoms with van der Waals surface area (Å²) in [4.78, 5) is 0. The number of hydrogen-bond acceptors (Lipinski definition) is 2. The zero-order valence-corrected chi connectivity index (χ0v) is 11.7. The molecule has 0 aliphatic rings. The van der Waals surface area contributed by atoms with Gasteiger partial charge in [0, 0.05) is 23.8 Å². The van der Waals surface area contributed by atoms with E-state index in [0.717, 1.165) is 28.7 Å². The topological polar surface area (TPSA) is 29.9 Å². The van der Waals surface area contributed by atoms with E-state index >= 15 is 0 Å². The van der Waals surface area contributed by atoms with Crippen molar-refractivity contribution in [2.24, 2.45) is 0 Å². The predicted molar refractivity (Wildman–Crippen MR) is 72.8 cm³/mol. The van der Waals surface area contributed by atoms with Crippen LogP contribution in [0.2, 0.25) is 0 Å². The molecule has 5 heteroatoms. The molecule has 0 aliphatic heterocycles. The lowest BCUT2D eigenvalue weighted by atomic mass is 10.2. The van der Waals surface area contributed by atoms with Crippen molar-refractivity contribution in [1.29, 1.82) is 0 Å². The Morgan fingerprint density at radius 2 is 2.22 bits per heavy atom. The van der Waals surface area contributed by atoms with E-state index in [1.807, 2.05) is 30.1 Å². The van der Waals surface area contributed by atoms with Crippen LogP contribution >= 0.6 is 15.9 Å². The minimum atomic E-state index is -0.219. The fourth-order valence-corrected chi connectivity index (χ4v) is 2.24. The lowest BCUT2D eigenvalue weighted by Crippen LogP contribution is -2.19. The van der Waals surface area contributed by atoms with Gasteiger partial charge in [-0.3, -0.25) is 4.68 Å². The van der Waals surface area contributed by atoms with Gasteiger partial charge in [0.05, 0.1) is 12.7 Å². The molecule has 96 valence electrons. The summed E-state index contributed by atoms with van der Waals surface area (Å²) in [7, 11) is 0. The maximum absolute atomic E-state index is 13.1. The van der Waals surface area contributed by atoms with Gasteiger partial charge in [-0.25, -0.2) is 4.39 Å². The molecule has 0 unspecified atom stereocenters. The highest BCUT2D eigenvalue weighted by Crippen LogP contribution is 2.14. The van der Waals surface area contributed by atoms with Gasteiger partial charge in [0.25, 0.3) is 0 Å². The maximum Gasteiger partial charge on any atom is 0.124 e. The predicted octanol–water partition coefficient (Wildman–Crippen LogP) is 2.88. The first kappa shape index (κ1) is 13.2. The van der Waals surface area contributed by atoms with Crippen molar-refractivity contribution >= 4 is 15.9 Å². The first-order chi connectivity index (χ1) is 8.63. The molecule has 0 fully saturated rings. The monoisotopic (exact) mass is 311 g/mol. The first-order valence-corrected chi connectivity index (χ1v) is 6.57. The van der Waals surface area contributed by atoms with E-state index in [2.05, 4.69) is 26.3 Å². The summed E-state index contributed by atoms with van der Waals surface area (Å²) in [6, 6.07) is 4.90. The quantitative estimate of drug-likeness (QED) is 0.861. The zero-order chi connectivity index (χ0) is 13.0. The van der Waals surface area contributed by atoms with Crippen LogP contribution in [0.15, 0.2) is 35.1 Å². The van der Waals surface area contributed by atoms with Crippen molar-refractivity contribution < 1.29 is 4.39 Å². The molecule has 3 nitrogen and oxygen atoms in total. The van der Waals surface area contributed by atoms with Gasteiger partial charge in [-0.15, -0.1) is 0 Å². The number of nitrogens with zero attached hydrogens (tertiary/aromatic N) is 2. The SMILES string of the molecule is Cc1cnn(CCNCc2cc(F)cc(Br)c2)c1. The Morgan fingerprint density at radius 1 is 1.39 bits per heavy atom. The molecule has 0 spiro atoms. The number of nitrogens with one attached hydrogen (secondary N) is 1. The van der Waals surface area contributed by atoms with Crippen molar-refractivity contribution in [1.82, 2.24) is 15.1 Å². The van der Waals surface area contributed by atoms with E-state index in [0.29, 0.717) is 6.54 Å². The normalized spacial score (nSPS) is 10.8. The van der Waals surface area contributed by atoms with Crippen LogP contribution in [-0.2, 0) is 13.1 Å². The van der Waals surface area contributed by atoms with Gasteiger partial charge in [-0.2, -0.15) is 5.10 Å². The number of rotatable bonds is 5. The largest absolute Gasteiger partial charge is 0.311 e. The minimum absolute atomic E-state index is 0.219. The first-order valence-electron chi connectivity index (χ1n) is 5.78. The van der Waals surface area contributed by atoms with Gasteiger partial charge in [0.2, 0.25) is 0 Å². The van der Waals surface area contributed by atoms with Gasteiger partial charge in [0.1, 0.15) is 5.82 Å². The number of aryl methyl sites for hydroxylation is 1. The number of benzene rings is 1. The summed E-state index contributed by atoms with van der Waals surface area (Å²) in [6.07, 6.45) is 3.84. The summed E-state index contributed by atoms with van der Waals surface area (Å²) in [6.45, 7) is 4.28. The molecule has 0 aliphatic carbocycles. The lowest BCUT2D eigenvalue weighted by molar-refractivity contribution is 0.552. The van der Waals surface area contributed by atoms with Crippen LogP contribution in [0, 0.1) is 12.7 Å². The molecular formula is C13H15BrFN3. The third-order valence-electron chi connectivity index (χ3n) is 2.53. The van der Waals surface area contributed by atoms with Crippen LogP contribution in [0.25, 0.3) is 0 Å². The van der Waals surface area contributed by atoms with Gasteiger partial charge < -0.3 is 5.32 Å². The van der Waals surface area contributed by atoms with E-state index < -0.39 is 0 Å². The Hall–Kier alpha value is -1.20. The van der Waals surface area contributed by atoms with Crippen LogP contribution in [0.1, 0.15) is 11.1 Å². The third kappa shape index (κ3) is 3.92. The van der Waals surface area contributed by atoms with Gasteiger partial charge in [0.15, 0.2) is 0 Å². The average Bonchev–Trinajstić information content (AvgIpc) is 2.69. The van der Waals surface area contributed by atoms with E-state index in [9.17, 15) is 4.39 Å². The van der Waals surface area contributed by atoms with Crippen molar-refractivity contribution in [3.8, 4) is 0 Å². The van der Waals surface area contributed by atoms with Crippen LogP contribution in [0.3, 0.4) is 0 Å². The van der Waals surface area contributed by atoms with Crippen LogP contribution < -0.4 is 5.32 Å². The molecule has 1 heterocycles. The second kappa shape index (κ2) is 6.11. The van der Waals surface area contributed by atoms with Crippen molar-refractivity contribution in [3.05, 3.63) is 52.0 Å². The Balaban J connectivity index is 1.78. The summed E-state index contributed by atoms with van der Waals surface area (Å²) < 4.78 is 15.8. The van der Waals surface area contributed by atoms with Crippen LogP contribution in [-0.4, -0.2) is 16.3 Å². The molecule has 0 amide bonds. The van der Waals surface area contributed by atoms with Crippen LogP contribution in [0.4, 0.5) is 4.39 Å². The summed E-state index contributed by atoms with van der Waals surface area (Å²) >= 11 is 3.28.